The van der Waals surface area contributed by atoms with E-state index in [9.17, 15) is 4.79 Å². The highest BCUT2D eigenvalue weighted by Gasteiger charge is 2.17. The fraction of sp³-hybridized carbons (Fsp3) is 0.364. The molecule has 0 bridgehead atoms. The van der Waals surface area contributed by atoms with Crippen LogP contribution in [0.25, 0.3) is 5.95 Å². The van der Waals surface area contributed by atoms with Crippen molar-refractivity contribution in [1.29, 1.82) is 0 Å². The maximum Gasteiger partial charge on any atom is 0.237 e. The van der Waals surface area contributed by atoms with Crippen molar-refractivity contribution in [2.24, 2.45) is 5.73 Å². The molecule has 0 fully saturated rings. The van der Waals surface area contributed by atoms with Crippen LogP contribution in [0.15, 0.2) is 43.0 Å². The summed E-state index contributed by atoms with van der Waals surface area (Å²) in [5, 5.41) is 0. The van der Waals surface area contributed by atoms with Crippen molar-refractivity contribution >= 4 is 11.6 Å². The van der Waals surface area contributed by atoms with Crippen molar-refractivity contribution in [3.05, 3.63) is 54.2 Å². The second kappa shape index (κ2) is 9.13. The molecule has 9 nitrogen and oxygen atoms in total. The number of hydrogen-bond donors (Lipinski definition) is 1. The summed E-state index contributed by atoms with van der Waals surface area (Å²) in [6.07, 6.45) is 6.70. The zero-order chi connectivity index (χ0) is 21.8. The van der Waals surface area contributed by atoms with Crippen LogP contribution in [0.4, 0.5) is 5.82 Å². The standard InChI is InChI=1S/C22H26N6O3/c1-15-11-21(26-22(25-15)28-10-8-24-13-28)27(2)9-7-17(23)18(29)5-3-16-4-6-19-20(12-16)31-14-30-19/h4,6,8,10-13,17H,3,5,7,9,14,23H2,1-2H3. The Labute approximate surface area is 180 Å². The first kappa shape index (κ1) is 20.8. The zero-order valence-corrected chi connectivity index (χ0v) is 17.7. The van der Waals surface area contributed by atoms with Crippen LogP contribution in [0.2, 0.25) is 0 Å². The minimum Gasteiger partial charge on any atom is -0.454 e. The summed E-state index contributed by atoms with van der Waals surface area (Å²) < 4.78 is 12.5. The van der Waals surface area contributed by atoms with E-state index in [0.717, 1.165) is 28.6 Å². The fourth-order valence-corrected chi connectivity index (χ4v) is 3.38. The Morgan fingerprint density at radius 2 is 2.10 bits per heavy atom. The molecule has 1 unspecified atom stereocenters. The number of benzene rings is 1. The van der Waals surface area contributed by atoms with Gasteiger partial charge < -0.3 is 20.1 Å². The average molecular weight is 422 g/mol. The third kappa shape index (κ3) is 5.00. The second-order valence-electron chi connectivity index (χ2n) is 7.61. The van der Waals surface area contributed by atoms with Gasteiger partial charge in [0.05, 0.1) is 6.04 Å². The molecule has 0 aliphatic carbocycles. The number of aromatic nitrogens is 4. The number of nitrogens with zero attached hydrogens (tertiary/aromatic N) is 5. The Kier molecular flexibility index (Phi) is 6.13. The molecular weight excluding hydrogens is 396 g/mol. The number of aryl methyl sites for hydroxylation is 2. The van der Waals surface area contributed by atoms with Crippen LogP contribution in [0.1, 0.15) is 24.1 Å². The molecule has 2 N–H and O–H groups in total. The Morgan fingerprint density at radius 1 is 1.26 bits per heavy atom. The molecular formula is C22H26N6O3. The van der Waals surface area contributed by atoms with Gasteiger partial charge in [0.25, 0.3) is 0 Å². The highest BCUT2D eigenvalue weighted by molar-refractivity contribution is 5.84. The lowest BCUT2D eigenvalue weighted by Gasteiger charge is -2.21. The minimum atomic E-state index is -0.521. The summed E-state index contributed by atoms with van der Waals surface area (Å²) >= 11 is 0. The molecule has 1 aliphatic rings. The smallest absolute Gasteiger partial charge is 0.237 e. The topological polar surface area (TPSA) is 108 Å². The van der Waals surface area contributed by atoms with Gasteiger partial charge in [0.2, 0.25) is 12.7 Å². The molecule has 162 valence electrons. The molecule has 31 heavy (non-hydrogen) atoms. The third-order valence-corrected chi connectivity index (χ3v) is 5.24. The summed E-state index contributed by atoms with van der Waals surface area (Å²) in [4.78, 5) is 27.6. The van der Waals surface area contributed by atoms with Crippen LogP contribution < -0.4 is 20.1 Å². The zero-order valence-electron chi connectivity index (χ0n) is 17.7. The SMILES string of the molecule is Cc1cc(N(C)CCC(N)C(=O)CCc2ccc3c(c2)OCO3)nc(-n2ccnc2)n1. The van der Waals surface area contributed by atoms with Crippen LogP contribution >= 0.6 is 0 Å². The van der Waals surface area contributed by atoms with Crippen molar-refractivity contribution in [2.45, 2.75) is 32.2 Å². The summed E-state index contributed by atoms with van der Waals surface area (Å²) in [6, 6.07) is 7.14. The first-order valence-corrected chi connectivity index (χ1v) is 10.2. The largest absolute Gasteiger partial charge is 0.454 e. The number of anilines is 1. The molecule has 9 heteroatoms. The molecule has 2 aromatic heterocycles. The maximum absolute atomic E-state index is 12.5. The van der Waals surface area contributed by atoms with Crippen molar-refractivity contribution < 1.29 is 14.3 Å². The molecule has 3 aromatic rings. The second-order valence-corrected chi connectivity index (χ2v) is 7.61. The molecule has 0 amide bonds. The molecule has 1 atom stereocenters. The van der Waals surface area contributed by atoms with Gasteiger partial charge in [0.1, 0.15) is 17.9 Å². The third-order valence-electron chi connectivity index (χ3n) is 5.24. The molecule has 0 radical (unpaired) electrons. The van der Waals surface area contributed by atoms with E-state index in [4.69, 9.17) is 15.2 Å². The van der Waals surface area contributed by atoms with Crippen molar-refractivity contribution in [3.8, 4) is 17.4 Å². The number of hydrogen-bond acceptors (Lipinski definition) is 8. The van der Waals surface area contributed by atoms with E-state index in [2.05, 4.69) is 15.0 Å². The van der Waals surface area contributed by atoms with E-state index in [1.54, 1.807) is 23.3 Å². The first-order valence-electron chi connectivity index (χ1n) is 10.2. The van der Waals surface area contributed by atoms with Gasteiger partial charge in [-0.15, -0.1) is 0 Å². The highest BCUT2D eigenvalue weighted by atomic mass is 16.7. The fourth-order valence-electron chi connectivity index (χ4n) is 3.38. The van der Waals surface area contributed by atoms with Gasteiger partial charge in [-0.3, -0.25) is 9.36 Å². The number of imidazole rings is 1. The van der Waals surface area contributed by atoms with Gasteiger partial charge in [-0.05, 0) is 37.5 Å². The molecule has 4 rings (SSSR count). The van der Waals surface area contributed by atoms with Crippen molar-refractivity contribution in [1.82, 2.24) is 19.5 Å². The van der Waals surface area contributed by atoms with Crippen LogP contribution in [0, 0.1) is 6.92 Å². The van der Waals surface area contributed by atoms with Crippen LogP contribution in [0.3, 0.4) is 0 Å². The first-order chi connectivity index (χ1) is 15.0. The minimum absolute atomic E-state index is 0.0454. The lowest BCUT2D eigenvalue weighted by atomic mass is 10.0. The van der Waals surface area contributed by atoms with E-state index in [-0.39, 0.29) is 12.6 Å². The molecule has 0 spiro atoms. The molecule has 0 saturated heterocycles. The summed E-state index contributed by atoms with van der Waals surface area (Å²) in [6.45, 7) is 2.77. The monoisotopic (exact) mass is 422 g/mol. The average Bonchev–Trinajstić information content (AvgIpc) is 3.46. The van der Waals surface area contributed by atoms with Crippen LogP contribution in [0.5, 0.6) is 11.5 Å². The van der Waals surface area contributed by atoms with Crippen LogP contribution in [-0.4, -0.2) is 51.7 Å². The summed E-state index contributed by atoms with van der Waals surface area (Å²) in [7, 11) is 1.93. The Bertz CT molecular complexity index is 1050. The van der Waals surface area contributed by atoms with Gasteiger partial charge in [0, 0.05) is 44.2 Å². The Hall–Kier alpha value is -3.46. The Morgan fingerprint density at radius 3 is 2.90 bits per heavy atom. The predicted octanol–water partition coefficient (Wildman–Crippen LogP) is 2.05. The summed E-state index contributed by atoms with van der Waals surface area (Å²) in [5.74, 6) is 2.85. The number of nitrogens with two attached hydrogens (primary N) is 1. The van der Waals surface area contributed by atoms with E-state index in [1.807, 2.05) is 43.1 Å². The van der Waals surface area contributed by atoms with E-state index < -0.39 is 6.04 Å². The van der Waals surface area contributed by atoms with Gasteiger partial charge in [-0.25, -0.2) is 9.97 Å². The Balaban J connectivity index is 1.30. The lowest BCUT2D eigenvalue weighted by Crippen LogP contribution is -2.35. The number of Topliss-reactive ketones (excluding diaryl/α,β-unsaturated/α-hetero) is 1. The van der Waals surface area contributed by atoms with Crippen molar-refractivity contribution in [3.63, 3.8) is 0 Å². The van der Waals surface area contributed by atoms with E-state index in [0.29, 0.717) is 31.8 Å². The lowest BCUT2D eigenvalue weighted by molar-refractivity contribution is -0.120. The number of carbonyl (C=O) groups excluding carboxylic acids is 1. The number of fused-ring (bicyclic) bond motifs is 1. The van der Waals surface area contributed by atoms with Crippen LogP contribution in [-0.2, 0) is 11.2 Å². The molecule has 3 heterocycles. The van der Waals surface area contributed by atoms with Gasteiger partial charge in [-0.1, -0.05) is 6.07 Å². The molecule has 1 aliphatic heterocycles. The molecule has 0 saturated carbocycles. The normalized spacial score (nSPS) is 13.3. The van der Waals surface area contributed by atoms with E-state index in [1.165, 1.54) is 0 Å². The van der Waals surface area contributed by atoms with Crippen molar-refractivity contribution in [2.75, 3.05) is 25.3 Å². The number of rotatable bonds is 9. The quantitative estimate of drug-likeness (QED) is 0.558. The number of ether oxygens (including phenoxy) is 2. The van der Waals surface area contributed by atoms with Gasteiger partial charge in [0.15, 0.2) is 11.5 Å². The van der Waals surface area contributed by atoms with Gasteiger partial charge >= 0.3 is 0 Å². The predicted molar refractivity (Wildman–Crippen MR) is 116 cm³/mol. The summed E-state index contributed by atoms with van der Waals surface area (Å²) in [5.41, 5.74) is 8.05. The van der Waals surface area contributed by atoms with E-state index >= 15 is 0 Å². The molecule has 1 aromatic carbocycles. The number of ketones is 1. The maximum atomic E-state index is 12.5. The highest BCUT2D eigenvalue weighted by Crippen LogP contribution is 2.32. The number of carbonyl (C=O) groups is 1. The van der Waals surface area contributed by atoms with Gasteiger partial charge in [-0.2, -0.15) is 4.98 Å².